The maximum absolute atomic E-state index is 13.7. The van der Waals surface area contributed by atoms with E-state index in [0.29, 0.717) is 34.9 Å². The van der Waals surface area contributed by atoms with Crippen molar-refractivity contribution in [3.8, 4) is 0 Å². The SMILES string of the molecule is Cc1ccc(NC(=S)Nc2ccc(S(=O)(=O)N3c4ccc(F)cc4CC[C@H]3C)cc2)cc1C. The number of hydrogen-bond donors (Lipinski definition) is 2. The summed E-state index contributed by atoms with van der Waals surface area (Å²) in [5.74, 6) is -0.360. The van der Waals surface area contributed by atoms with Crippen molar-refractivity contribution in [3.63, 3.8) is 0 Å². The van der Waals surface area contributed by atoms with Gasteiger partial charge in [0.15, 0.2) is 5.11 Å². The molecule has 3 aromatic carbocycles. The molecule has 0 unspecified atom stereocenters. The van der Waals surface area contributed by atoms with Gasteiger partial charge in [-0.15, -0.1) is 0 Å². The average Bonchev–Trinajstić information content (AvgIpc) is 2.76. The zero-order valence-electron chi connectivity index (χ0n) is 18.7. The van der Waals surface area contributed by atoms with Crippen LogP contribution in [0.4, 0.5) is 21.5 Å². The second kappa shape index (κ2) is 9.11. The van der Waals surface area contributed by atoms with Crippen LogP contribution in [0.5, 0.6) is 0 Å². The summed E-state index contributed by atoms with van der Waals surface area (Å²) in [5.41, 5.74) is 5.16. The van der Waals surface area contributed by atoms with E-state index in [1.807, 2.05) is 39.0 Å². The van der Waals surface area contributed by atoms with Crippen LogP contribution in [0.1, 0.15) is 30.0 Å². The van der Waals surface area contributed by atoms with E-state index in [1.54, 1.807) is 30.3 Å². The second-order valence-electron chi connectivity index (χ2n) is 8.36. The van der Waals surface area contributed by atoms with E-state index in [1.165, 1.54) is 22.0 Å². The molecule has 5 nitrogen and oxygen atoms in total. The van der Waals surface area contributed by atoms with E-state index < -0.39 is 10.0 Å². The van der Waals surface area contributed by atoms with Gasteiger partial charge in [-0.3, -0.25) is 4.31 Å². The maximum atomic E-state index is 13.7. The van der Waals surface area contributed by atoms with Gasteiger partial charge in [-0.25, -0.2) is 12.8 Å². The van der Waals surface area contributed by atoms with E-state index in [0.717, 1.165) is 11.3 Å². The molecule has 33 heavy (non-hydrogen) atoms. The summed E-state index contributed by atoms with van der Waals surface area (Å²) >= 11 is 5.39. The molecule has 0 saturated heterocycles. The van der Waals surface area contributed by atoms with Gasteiger partial charge in [-0.2, -0.15) is 0 Å². The predicted octanol–water partition coefficient (Wildman–Crippen LogP) is 5.78. The first-order chi connectivity index (χ1) is 15.6. The van der Waals surface area contributed by atoms with Crippen LogP contribution in [-0.4, -0.2) is 19.6 Å². The van der Waals surface area contributed by atoms with Crippen LogP contribution in [0.25, 0.3) is 0 Å². The number of sulfonamides is 1. The van der Waals surface area contributed by atoms with Crippen LogP contribution in [-0.2, 0) is 16.4 Å². The van der Waals surface area contributed by atoms with Crippen LogP contribution >= 0.6 is 12.2 Å². The van der Waals surface area contributed by atoms with Crippen molar-refractivity contribution in [2.75, 3.05) is 14.9 Å². The second-order valence-corrected chi connectivity index (χ2v) is 10.6. The first kappa shape index (κ1) is 23.2. The van der Waals surface area contributed by atoms with E-state index in [-0.39, 0.29) is 16.8 Å². The molecule has 3 aromatic rings. The van der Waals surface area contributed by atoms with Crippen LogP contribution in [0.3, 0.4) is 0 Å². The standard InChI is InChI=1S/C25H26FN3O2S2/c1-16-4-8-22(14-17(16)2)28-25(32)27-21-9-11-23(12-10-21)33(30,31)29-18(3)5-6-19-15-20(26)7-13-24(19)29/h4,7-15,18H,5-6H2,1-3H3,(H2,27,28,32)/t18-/m1/s1. The van der Waals surface area contributed by atoms with Gasteiger partial charge >= 0.3 is 0 Å². The van der Waals surface area contributed by atoms with Crippen molar-refractivity contribution in [2.45, 2.75) is 44.6 Å². The number of thiocarbonyl (C=S) groups is 1. The molecule has 0 radical (unpaired) electrons. The lowest BCUT2D eigenvalue weighted by molar-refractivity contribution is 0.560. The highest BCUT2D eigenvalue weighted by molar-refractivity contribution is 7.92. The number of benzene rings is 3. The van der Waals surface area contributed by atoms with Gasteiger partial charge in [0.2, 0.25) is 0 Å². The molecule has 1 atom stereocenters. The third-order valence-electron chi connectivity index (χ3n) is 5.94. The summed E-state index contributed by atoms with van der Waals surface area (Å²) in [6.07, 6.45) is 1.28. The molecule has 1 aliphatic heterocycles. The van der Waals surface area contributed by atoms with Gasteiger partial charge in [0.1, 0.15) is 5.82 Å². The summed E-state index contributed by atoms with van der Waals surface area (Å²) in [7, 11) is -3.81. The first-order valence-corrected chi connectivity index (χ1v) is 12.6. The summed E-state index contributed by atoms with van der Waals surface area (Å²) < 4.78 is 42.0. The molecule has 0 spiro atoms. The van der Waals surface area contributed by atoms with Crippen molar-refractivity contribution in [3.05, 3.63) is 83.2 Å². The monoisotopic (exact) mass is 483 g/mol. The van der Waals surface area contributed by atoms with Crippen LogP contribution in [0, 0.1) is 19.7 Å². The highest BCUT2D eigenvalue weighted by atomic mass is 32.2. The number of rotatable bonds is 4. The summed E-state index contributed by atoms with van der Waals surface area (Å²) in [6.45, 7) is 5.96. The molecule has 172 valence electrons. The minimum absolute atomic E-state index is 0.171. The Hall–Kier alpha value is -2.97. The lowest BCUT2D eigenvalue weighted by atomic mass is 9.99. The highest BCUT2D eigenvalue weighted by Crippen LogP contribution is 2.36. The highest BCUT2D eigenvalue weighted by Gasteiger charge is 2.33. The number of halogens is 1. The summed E-state index contributed by atoms with van der Waals surface area (Å²) in [4.78, 5) is 0.171. The Morgan fingerprint density at radius 3 is 2.33 bits per heavy atom. The molecule has 0 aliphatic carbocycles. The van der Waals surface area contributed by atoms with Gasteiger partial charge in [0.25, 0.3) is 10.0 Å². The number of nitrogens with one attached hydrogen (secondary N) is 2. The fraction of sp³-hybridized carbons (Fsp3) is 0.240. The number of aryl methyl sites for hydroxylation is 3. The average molecular weight is 484 g/mol. The topological polar surface area (TPSA) is 61.4 Å². The van der Waals surface area contributed by atoms with Gasteiger partial charge in [0.05, 0.1) is 10.6 Å². The number of fused-ring (bicyclic) bond motifs is 1. The van der Waals surface area contributed by atoms with E-state index in [9.17, 15) is 12.8 Å². The Morgan fingerprint density at radius 2 is 1.64 bits per heavy atom. The van der Waals surface area contributed by atoms with Gasteiger partial charge in [-0.05, 0) is 117 Å². The quantitative estimate of drug-likeness (QED) is 0.461. The van der Waals surface area contributed by atoms with Crippen LogP contribution in [0.15, 0.2) is 65.6 Å². The van der Waals surface area contributed by atoms with E-state index in [2.05, 4.69) is 10.6 Å². The predicted molar refractivity (Wildman–Crippen MR) is 136 cm³/mol. The lowest BCUT2D eigenvalue weighted by Gasteiger charge is -2.36. The van der Waals surface area contributed by atoms with Crippen molar-refractivity contribution in [1.29, 1.82) is 0 Å². The van der Waals surface area contributed by atoms with Crippen molar-refractivity contribution < 1.29 is 12.8 Å². The molecule has 0 amide bonds. The normalized spacial score (nSPS) is 15.6. The van der Waals surface area contributed by atoms with Gasteiger partial charge in [-0.1, -0.05) is 6.07 Å². The summed E-state index contributed by atoms with van der Waals surface area (Å²) in [5, 5.41) is 6.63. The number of anilines is 3. The zero-order chi connectivity index (χ0) is 23.8. The maximum Gasteiger partial charge on any atom is 0.264 e. The summed E-state index contributed by atoms with van der Waals surface area (Å²) in [6, 6.07) is 16.5. The Labute approximate surface area is 199 Å². The minimum atomic E-state index is -3.81. The van der Waals surface area contributed by atoms with E-state index in [4.69, 9.17) is 12.2 Å². The van der Waals surface area contributed by atoms with Crippen LogP contribution < -0.4 is 14.9 Å². The fourth-order valence-electron chi connectivity index (χ4n) is 3.99. The van der Waals surface area contributed by atoms with Crippen molar-refractivity contribution in [1.82, 2.24) is 0 Å². The Bertz CT molecular complexity index is 1310. The zero-order valence-corrected chi connectivity index (χ0v) is 20.4. The molecular formula is C25H26FN3O2S2. The lowest BCUT2D eigenvalue weighted by Crippen LogP contribution is -2.42. The first-order valence-electron chi connectivity index (χ1n) is 10.7. The Kier molecular flexibility index (Phi) is 6.41. The van der Waals surface area contributed by atoms with Gasteiger partial charge in [0, 0.05) is 17.4 Å². The van der Waals surface area contributed by atoms with E-state index >= 15 is 0 Å². The molecule has 0 saturated carbocycles. The minimum Gasteiger partial charge on any atom is -0.332 e. The molecule has 0 aromatic heterocycles. The smallest absolute Gasteiger partial charge is 0.264 e. The number of hydrogen-bond acceptors (Lipinski definition) is 3. The van der Waals surface area contributed by atoms with Gasteiger partial charge < -0.3 is 10.6 Å². The largest absolute Gasteiger partial charge is 0.332 e. The Morgan fingerprint density at radius 1 is 0.970 bits per heavy atom. The Balaban J connectivity index is 1.52. The molecule has 0 bridgehead atoms. The molecule has 1 aliphatic rings. The molecule has 0 fully saturated rings. The van der Waals surface area contributed by atoms with Crippen molar-refractivity contribution >= 4 is 44.4 Å². The van der Waals surface area contributed by atoms with Crippen molar-refractivity contribution in [2.24, 2.45) is 0 Å². The molecule has 4 rings (SSSR count). The van der Waals surface area contributed by atoms with Crippen LogP contribution in [0.2, 0.25) is 0 Å². The molecular weight excluding hydrogens is 457 g/mol. The number of nitrogens with zero attached hydrogens (tertiary/aromatic N) is 1. The molecule has 2 N–H and O–H groups in total. The third-order valence-corrected chi connectivity index (χ3v) is 8.09. The fourth-order valence-corrected chi connectivity index (χ4v) is 5.95. The molecule has 8 heteroatoms. The molecule has 1 heterocycles. The third kappa shape index (κ3) is 4.86.